The molecule has 0 aliphatic rings. The lowest BCUT2D eigenvalue weighted by molar-refractivity contribution is -0.00951. The predicted octanol–water partition coefficient (Wildman–Crippen LogP) is 0.985. The number of amides is 1. The minimum atomic E-state index is -0.618. The van der Waals surface area contributed by atoms with Crippen LogP contribution in [0.1, 0.15) is 34.8 Å². The maximum absolute atomic E-state index is 11.7. The van der Waals surface area contributed by atoms with Gasteiger partial charge in [-0.05, 0) is 17.6 Å². The van der Waals surface area contributed by atoms with Crippen molar-refractivity contribution >= 4 is 5.91 Å². The van der Waals surface area contributed by atoms with Crippen molar-refractivity contribution in [3.8, 4) is 0 Å². The number of hydrogen-bond acceptors (Lipinski definition) is 6. The van der Waals surface area contributed by atoms with Crippen LogP contribution >= 0.6 is 0 Å². The first-order valence-corrected chi connectivity index (χ1v) is 5.65. The summed E-state index contributed by atoms with van der Waals surface area (Å²) in [7, 11) is 0. The SMILES string of the molecule is C[C@@H](ONC(=O)c1nonc1CO)c1ccccc1. The number of aliphatic hydroxyl groups excluding tert-OH is 1. The first kappa shape index (κ1) is 13.2. The average Bonchev–Trinajstić information content (AvgIpc) is 2.93. The number of nitrogens with one attached hydrogen (secondary N) is 1. The molecule has 1 aromatic heterocycles. The third-order valence-electron chi connectivity index (χ3n) is 2.52. The number of nitrogens with zero attached hydrogens (tertiary/aromatic N) is 2. The summed E-state index contributed by atoms with van der Waals surface area (Å²) >= 11 is 0. The Balaban J connectivity index is 1.94. The molecule has 1 atom stereocenters. The van der Waals surface area contributed by atoms with Gasteiger partial charge in [-0.3, -0.25) is 9.63 Å². The Morgan fingerprint density at radius 3 is 2.84 bits per heavy atom. The van der Waals surface area contributed by atoms with E-state index in [1.165, 1.54) is 0 Å². The molecule has 0 saturated heterocycles. The quantitative estimate of drug-likeness (QED) is 0.780. The zero-order chi connectivity index (χ0) is 13.7. The molecule has 2 N–H and O–H groups in total. The van der Waals surface area contributed by atoms with Crippen LogP contribution in [-0.4, -0.2) is 21.3 Å². The monoisotopic (exact) mass is 263 g/mol. The van der Waals surface area contributed by atoms with Crippen LogP contribution in [0.15, 0.2) is 35.0 Å². The summed E-state index contributed by atoms with van der Waals surface area (Å²) < 4.78 is 4.37. The van der Waals surface area contributed by atoms with Gasteiger partial charge in [-0.15, -0.1) is 0 Å². The molecule has 1 amide bonds. The molecule has 0 bridgehead atoms. The zero-order valence-electron chi connectivity index (χ0n) is 10.2. The van der Waals surface area contributed by atoms with E-state index in [4.69, 9.17) is 9.94 Å². The van der Waals surface area contributed by atoms with Crippen molar-refractivity contribution in [2.24, 2.45) is 0 Å². The first-order valence-electron chi connectivity index (χ1n) is 5.65. The average molecular weight is 263 g/mol. The molecule has 1 heterocycles. The molecule has 0 fully saturated rings. The Morgan fingerprint density at radius 2 is 2.16 bits per heavy atom. The zero-order valence-corrected chi connectivity index (χ0v) is 10.2. The molecule has 0 saturated carbocycles. The van der Waals surface area contributed by atoms with Crippen LogP contribution in [0.5, 0.6) is 0 Å². The molecule has 100 valence electrons. The first-order chi connectivity index (χ1) is 9.22. The van der Waals surface area contributed by atoms with Gasteiger partial charge in [0.25, 0.3) is 5.91 Å². The van der Waals surface area contributed by atoms with Gasteiger partial charge in [0.2, 0.25) is 0 Å². The van der Waals surface area contributed by atoms with Crippen molar-refractivity contribution in [1.29, 1.82) is 0 Å². The highest BCUT2D eigenvalue weighted by Crippen LogP contribution is 2.14. The number of carbonyl (C=O) groups excluding carboxylic acids is 1. The van der Waals surface area contributed by atoms with Crippen molar-refractivity contribution < 1.29 is 19.4 Å². The number of benzene rings is 1. The Bertz CT molecular complexity index is 541. The van der Waals surface area contributed by atoms with Crippen LogP contribution in [-0.2, 0) is 11.4 Å². The largest absolute Gasteiger partial charge is 0.390 e. The van der Waals surface area contributed by atoms with Gasteiger partial charge in [0.05, 0.1) is 6.61 Å². The number of hydrogen-bond donors (Lipinski definition) is 2. The van der Waals surface area contributed by atoms with Crippen LogP contribution < -0.4 is 5.48 Å². The van der Waals surface area contributed by atoms with Gasteiger partial charge < -0.3 is 5.11 Å². The van der Waals surface area contributed by atoms with E-state index in [1.807, 2.05) is 30.3 Å². The highest BCUT2D eigenvalue weighted by Gasteiger charge is 2.18. The topological polar surface area (TPSA) is 97.5 Å². The number of aromatic nitrogens is 2. The molecule has 2 aromatic rings. The van der Waals surface area contributed by atoms with Gasteiger partial charge >= 0.3 is 0 Å². The van der Waals surface area contributed by atoms with Crippen molar-refractivity contribution in [3.63, 3.8) is 0 Å². The van der Waals surface area contributed by atoms with Crippen molar-refractivity contribution in [2.75, 3.05) is 0 Å². The second kappa shape index (κ2) is 6.07. The fraction of sp³-hybridized carbons (Fsp3) is 0.250. The second-order valence-corrected chi connectivity index (χ2v) is 3.82. The van der Waals surface area contributed by atoms with Crippen molar-refractivity contribution in [1.82, 2.24) is 15.8 Å². The maximum Gasteiger partial charge on any atom is 0.299 e. The number of aliphatic hydroxyl groups is 1. The third-order valence-corrected chi connectivity index (χ3v) is 2.52. The summed E-state index contributed by atoms with van der Waals surface area (Å²) in [6, 6.07) is 9.41. The Labute approximate surface area is 109 Å². The summed E-state index contributed by atoms with van der Waals surface area (Å²) in [5.41, 5.74) is 3.13. The van der Waals surface area contributed by atoms with E-state index in [1.54, 1.807) is 6.92 Å². The number of rotatable bonds is 5. The van der Waals surface area contributed by atoms with Gasteiger partial charge in [-0.1, -0.05) is 35.5 Å². The molecule has 7 nitrogen and oxygen atoms in total. The van der Waals surface area contributed by atoms with Crippen LogP contribution in [0.2, 0.25) is 0 Å². The normalized spacial score (nSPS) is 12.1. The predicted molar refractivity (Wildman–Crippen MR) is 63.6 cm³/mol. The molecular weight excluding hydrogens is 250 g/mol. The number of hydroxylamine groups is 1. The Kier molecular flexibility index (Phi) is 4.22. The summed E-state index contributed by atoms with van der Waals surface area (Å²) in [5.74, 6) is -0.618. The van der Waals surface area contributed by atoms with Gasteiger partial charge in [0.15, 0.2) is 5.69 Å². The molecule has 0 unspecified atom stereocenters. The fourth-order valence-corrected chi connectivity index (χ4v) is 1.47. The van der Waals surface area contributed by atoms with E-state index in [0.29, 0.717) is 0 Å². The molecule has 0 aliphatic heterocycles. The van der Waals surface area contributed by atoms with Crippen LogP contribution in [0, 0.1) is 0 Å². The molecule has 7 heteroatoms. The summed E-state index contributed by atoms with van der Waals surface area (Å²) in [6.07, 6.45) is -0.317. The molecule has 1 aromatic carbocycles. The highest BCUT2D eigenvalue weighted by molar-refractivity contribution is 5.92. The molecule has 0 aliphatic carbocycles. The highest BCUT2D eigenvalue weighted by atomic mass is 16.7. The summed E-state index contributed by atoms with van der Waals surface area (Å²) in [5, 5.41) is 15.7. The lowest BCUT2D eigenvalue weighted by Crippen LogP contribution is -2.26. The van der Waals surface area contributed by atoms with Crippen molar-refractivity contribution in [2.45, 2.75) is 19.6 Å². The van der Waals surface area contributed by atoms with E-state index in [-0.39, 0.29) is 17.5 Å². The van der Waals surface area contributed by atoms with Gasteiger partial charge in [-0.25, -0.2) is 10.1 Å². The Morgan fingerprint density at radius 1 is 1.42 bits per heavy atom. The standard InChI is InChI=1S/C12H13N3O4/c1-8(9-5-3-2-4-6-9)18-15-12(17)11-10(7-16)13-19-14-11/h2-6,8,16H,7H2,1H3,(H,15,17)/t8-/m1/s1. The van der Waals surface area contributed by atoms with Gasteiger partial charge in [-0.2, -0.15) is 0 Å². The third kappa shape index (κ3) is 3.15. The van der Waals surface area contributed by atoms with E-state index in [9.17, 15) is 4.79 Å². The summed E-state index contributed by atoms with van der Waals surface area (Å²) in [6.45, 7) is 1.37. The van der Waals surface area contributed by atoms with Gasteiger partial charge in [0.1, 0.15) is 11.8 Å². The smallest absolute Gasteiger partial charge is 0.299 e. The van der Waals surface area contributed by atoms with E-state index in [0.717, 1.165) is 5.56 Å². The Hall–Kier alpha value is -2.25. The molecular formula is C12H13N3O4. The fourth-order valence-electron chi connectivity index (χ4n) is 1.47. The second-order valence-electron chi connectivity index (χ2n) is 3.82. The van der Waals surface area contributed by atoms with E-state index in [2.05, 4.69) is 20.4 Å². The minimum absolute atomic E-state index is 0.0634. The molecule has 0 radical (unpaired) electrons. The maximum atomic E-state index is 11.7. The minimum Gasteiger partial charge on any atom is -0.390 e. The van der Waals surface area contributed by atoms with Crippen LogP contribution in [0.25, 0.3) is 0 Å². The lowest BCUT2D eigenvalue weighted by Gasteiger charge is -2.12. The molecule has 19 heavy (non-hydrogen) atoms. The lowest BCUT2D eigenvalue weighted by atomic mass is 10.1. The molecule has 2 rings (SSSR count). The summed E-state index contributed by atoms with van der Waals surface area (Å²) in [4.78, 5) is 16.9. The molecule has 0 spiro atoms. The van der Waals surface area contributed by atoms with Crippen LogP contribution in [0.3, 0.4) is 0 Å². The van der Waals surface area contributed by atoms with E-state index < -0.39 is 12.5 Å². The van der Waals surface area contributed by atoms with E-state index >= 15 is 0 Å². The van der Waals surface area contributed by atoms with Crippen LogP contribution in [0.4, 0.5) is 0 Å². The van der Waals surface area contributed by atoms with Crippen molar-refractivity contribution in [3.05, 3.63) is 47.3 Å². The van der Waals surface area contributed by atoms with Gasteiger partial charge in [0, 0.05) is 0 Å². The number of carbonyl (C=O) groups is 1.